The average molecular weight is 186 g/mol. The van der Waals surface area contributed by atoms with Crippen molar-refractivity contribution in [3.63, 3.8) is 0 Å². The summed E-state index contributed by atoms with van der Waals surface area (Å²) in [7, 11) is 0. The summed E-state index contributed by atoms with van der Waals surface area (Å²) in [4.78, 5) is 0. The lowest BCUT2D eigenvalue weighted by atomic mass is 10.2. The Kier molecular flexibility index (Phi) is 3.53. The Morgan fingerprint density at radius 2 is 1.92 bits per heavy atom. The average Bonchev–Trinajstić information content (AvgIpc) is 2.05. The smallest absolute Gasteiger partial charge is 0.158 e. The molecule has 0 spiro atoms. The van der Waals surface area contributed by atoms with Crippen molar-refractivity contribution in [1.82, 2.24) is 0 Å². The first-order valence-electron chi connectivity index (χ1n) is 3.80. The molecule has 0 radical (unpaired) electrons. The standard InChI is InChI=1S/C9H12ClNO/c1-7(11)12-9(10)8-5-3-2-4-6-8/h2-7,9H,11H2,1H3. The van der Waals surface area contributed by atoms with Crippen molar-refractivity contribution >= 4 is 11.6 Å². The van der Waals surface area contributed by atoms with Gasteiger partial charge in [0, 0.05) is 0 Å². The van der Waals surface area contributed by atoms with E-state index < -0.39 is 5.56 Å². The van der Waals surface area contributed by atoms with Gasteiger partial charge >= 0.3 is 0 Å². The number of rotatable bonds is 3. The van der Waals surface area contributed by atoms with Gasteiger partial charge in [-0.1, -0.05) is 41.9 Å². The Labute approximate surface area is 77.3 Å². The molecule has 0 aromatic heterocycles. The highest BCUT2D eigenvalue weighted by atomic mass is 35.5. The van der Waals surface area contributed by atoms with Crippen LogP contribution in [0.2, 0.25) is 0 Å². The highest BCUT2D eigenvalue weighted by Gasteiger charge is 2.08. The van der Waals surface area contributed by atoms with E-state index in [4.69, 9.17) is 22.1 Å². The van der Waals surface area contributed by atoms with Gasteiger partial charge in [0.25, 0.3) is 0 Å². The topological polar surface area (TPSA) is 35.2 Å². The SMILES string of the molecule is CC(N)OC(Cl)c1ccccc1. The van der Waals surface area contributed by atoms with Crippen molar-refractivity contribution in [3.05, 3.63) is 35.9 Å². The maximum Gasteiger partial charge on any atom is 0.158 e. The Morgan fingerprint density at radius 3 is 2.42 bits per heavy atom. The van der Waals surface area contributed by atoms with Gasteiger partial charge in [-0.2, -0.15) is 0 Å². The maximum absolute atomic E-state index is 5.90. The number of benzene rings is 1. The highest BCUT2D eigenvalue weighted by Crippen LogP contribution is 2.21. The quantitative estimate of drug-likeness (QED) is 0.579. The summed E-state index contributed by atoms with van der Waals surface area (Å²) in [6.45, 7) is 1.75. The zero-order valence-corrected chi connectivity index (χ0v) is 7.66. The molecule has 2 N–H and O–H groups in total. The van der Waals surface area contributed by atoms with Crippen molar-refractivity contribution in [2.45, 2.75) is 18.7 Å². The normalized spacial score (nSPS) is 15.6. The van der Waals surface area contributed by atoms with Crippen molar-refractivity contribution < 1.29 is 4.74 Å². The van der Waals surface area contributed by atoms with Crippen LogP contribution in [-0.2, 0) is 4.74 Å². The van der Waals surface area contributed by atoms with Crippen LogP contribution in [0.25, 0.3) is 0 Å². The van der Waals surface area contributed by atoms with Gasteiger partial charge in [-0.05, 0) is 12.5 Å². The van der Waals surface area contributed by atoms with Gasteiger partial charge in [-0.25, -0.2) is 0 Å². The van der Waals surface area contributed by atoms with Crippen LogP contribution in [0.4, 0.5) is 0 Å². The van der Waals surface area contributed by atoms with Crippen LogP contribution in [0.1, 0.15) is 18.1 Å². The zero-order chi connectivity index (χ0) is 8.97. The van der Waals surface area contributed by atoms with E-state index >= 15 is 0 Å². The minimum absolute atomic E-state index is 0.340. The van der Waals surface area contributed by atoms with E-state index in [1.54, 1.807) is 6.92 Å². The van der Waals surface area contributed by atoms with Crippen LogP contribution in [0.15, 0.2) is 30.3 Å². The first kappa shape index (κ1) is 9.52. The third-order valence-corrected chi connectivity index (χ3v) is 1.75. The summed E-state index contributed by atoms with van der Waals surface area (Å²) >= 11 is 5.90. The first-order valence-corrected chi connectivity index (χ1v) is 4.24. The minimum atomic E-state index is -0.453. The molecule has 1 rings (SSSR count). The van der Waals surface area contributed by atoms with Crippen molar-refractivity contribution in [3.8, 4) is 0 Å². The van der Waals surface area contributed by atoms with Gasteiger partial charge in [0.15, 0.2) is 5.56 Å². The molecule has 1 aromatic rings. The largest absolute Gasteiger partial charge is 0.341 e. The molecule has 0 saturated heterocycles. The summed E-state index contributed by atoms with van der Waals surface area (Å²) < 4.78 is 5.18. The molecule has 3 heteroatoms. The Morgan fingerprint density at radius 1 is 1.33 bits per heavy atom. The lowest BCUT2D eigenvalue weighted by molar-refractivity contribution is 0.0468. The molecule has 0 amide bonds. The van der Waals surface area contributed by atoms with E-state index in [2.05, 4.69) is 0 Å². The summed E-state index contributed by atoms with van der Waals surface area (Å²) in [5.74, 6) is 0. The molecule has 1 aromatic carbocycles. The van der Waals surface area contributed by atoms with E-state index in [9.17, 15) is 0 Å². The molecule has 2 nitrogen and oxygen atoms in total. The second-order valence-corrected chi connectivity index (χ2v) is 2.96. The van der Waals surface area contributed by atoms with Crippen LogP contribution in [0.5, 0.6) is 0 Å². The molecule has 0 saturated carbocycles. The fourth-order valence-electron chi connectivity index (χ4n) is 0.871. The summed E-state index contributed by atoms with van der Waals surface area (Å²) in [6.07, 6.45) is -0.340. The third-order valence-electron chi connectivity index (χ3n) is 1.40. The van der Waals surface area contributed by atoms with Crippen LogP contribution < -0.4 is 5.73 Å². The predicted molar refractivity (Wildman–Crippen MR) is 49.8 cm³/mol. The van der Waals surface area contributed by atoms with E-state index in [0.717, 1.165) is 5.56 Å². The van der Waals surface area contributed by atoms with Gasteiger partial charge in [-0.15, -0.1) is 0 Å². The van der Waals surface area contributed by atoms with E-state index in [1.807, 2.05) is 30.3 Å². The Bertz CT molecular complexity index is 225. The molecule has 0 fully saturated rings. The summed E-state index contributed by atoms with van der Waals surface area (Å²) in [5, 5.41) is 0. The summed E-state index contributed by atoms with van der Waals surface area (Å²) in [5.41, 5.74) is 5.90. The molecule has 66 valence electrons. The van der Waals surface area contributed by atoms with Crippen molar-refractivity contribution in [2.75, 3.05) is 0 Å². The lowest BCUT2D eigenvalue weighted by Gasteiger charge is -2.13. The van der Waals surface area contributed by atoms with Crippen LogP contribution in [-0.4, -0.2) is 6.23 Å². The molecule has 12 heavy (non-hydrogen) atoms. The van der Waals surface area contributed by atoms with Crippen molar-refractivity contribution in [1.29, 1.82) is 0 Å². The van der Waals surface area contributed by atoms with Crippen molar-refractivity contribution in [2.24, 2.45) is 5.73 Å². The molecule has 2 unspecified atom stereocenters. The Balaban J connectivity index is 2.59. The highest BCUT2D eigenvalue weighted by molar-refractivity contribution is 6.19. The lowest BCUT2D eigenvalue weighted by Crippen LogP contribution is -2.20. The molecule has 0 aliphatic heterocycles. The monoisotopic (exact) mass is 185 g/mol. The van der Waals surface area contributed by atoms with Crippen LogP contribution in [0, 0.1) is 0 Å². The molecule has 2 atom stereocenters. The van der Waals surface area contributed by atoms with Gasteiger partial charge in [0.2, 0.25) is 0 Å². The maximum atomic E-state index is 5.90. The van der Waals surface area contributed by atoms with Gasteiger partial charge < -0.3 is 10.5 Å². The second kappa shape index (κ2) is 4.45. The van der Waals surface area contributed by atoms with Gasteiger partial charge in [0.1, 0.15) is 6.23 Å². The number of halogens is 1. The minimum Gasteiger partial charge on any atom is -0.341 e. The fraction of sp³-hybridized carbons (Fsp3) is 0.333. The molecule has 0 bridgehead atoms. The van der Waals surface area contributed by atoms with Crippen LogP contribution in [0.3, 0.4) is 0 Å². The molecule has 0 aliphatic carbocycles. The second-order valence-electron chi connectivity index (χ2n) is 2.57. The number of nitrogens with two attached hydrogens (primary N) is 1. The summed E-state index contributed by atoms with van der Waals surface area (Å²) in [6, 6.07) is 9.56. The molecular formula is C9H12ClNO. The fourth-order valence-corrected chi connectivity index (χ4v) is 1.18. The molecule has 0 aliphatic rings. The molecule has 0 heterocycles. The third kappa shape index (κ3) is 2.81. The Hall–Kier alpha value is -0.570. The van der Waals surface area contributed by atoms with Crippen LogP contribution >= 0.6 is 11.6 Å². The number of hydrogen-bond acceptors (Lipinski definition) is 2. The predicted octanol–water partition coefficient (Wildman–Crippen LogP) is 2.25. The number of hydrogen-bond donors (Lipinski definition) is 1. The number of alkyl halides is 1. The molecular weight excluding hydrogens is 174 g/mol. The van der Waals surface area contributed by atoms with E-state index in [0.29, 0.717) is 0 Å². The zero-order valence-electron chi connectivity index (χ0n) is 6.91. The number of ether oxygens (including phenoxy) is 1. The first-order chi connectivity index (χ1) is 5.70. The van der Waals surface area contributed by atoms with E-state index in [1.165, 1.54) is 0 Å². The van der Waals surface area contributed by atoms with Gasteiger partial charge in [0.05, 0.1) is 0 Å². The van der Waals surface area contributed by atoms with E-state index in [-0.39, 0.29) is 6.23 Å². The van der Waals surface area contributed by atoms with Gasteiger partial charge in [-0.3, -0.25) is 0 Å².